The molecule has 0 saturated carbocycles. The Morgan fingerprint density at radius 2 is 1.86 bits per heavy atom. The summed E-state index contributed by atoms with van der Waals surface area (Å²) in [5.74, 6) is 0.437. The molecule has 0 aliphatic rings. The number of amides is 1. The Kier molecular flexibility index (Phi) is 6.03. The number of rotatable bonds is 6. The lowest BCUT2D eigenvalue weighted by Gasteiger charge is -2.27. The van der Waals surface area contributed by atoms with Gasteiger partial charge in [-0.05, 0) is 38.2 Å². The number of nitrogens with one attached hydrogen (secondary N) is 1. The molecule has 0 radical (unpaired) electrons. The zero-order valence-electron chi connectivity index (χ0n) is 14.0. The Balaban J connectivity index is 3.00. The minimum absolute atomic E-state index is 0.0215. The summed E-state index contributed by atoms with van der Waals surface area (Å²) in [4.78, 5) is 15.8. The van der Waals surface area contributed by atoms with Crippen molar-refractivity contribution in [2.45, 2.75) is 19.9 Å². The third-order valence-corrected chi connectivity index (χ3v) is 3.41. The van der Waals surface area contributed by atoms with Gasteiger partial charge in [0, 0.05) is 32.2 Å². The van der Waals surface area contributed by atoms with E-state index in [0.717, 1.165) is 12.2 Å². The fourth-order valence-electron chi connectivity index (χ4n) is 2.09. The summed E-state index contributed by atoms with van der Waals surface area (Å²) in [6.07, 6.45) is 0. The summed E-state index contributed by atoms with van der Waals surface area (Å²) >= 11 is 0. The van der Waals surface area contributed by atoms with Gasteiger partial charge in [0.15, 0.2) is 0 Å². The molecule has 0 saturated heterocycles. The molecule has 3 N–H and O–H groups in total. The van der Waals surface area contributed by atoms with Crippen molar-refractivity contribution >= 4 is 17.3 Å². The number of nitrogen functional groups attached to an aromatic ring is 1. The minimum Gasteiger partial charge on any atom is -0.397 e. The van der Waals surface area contributed by atoms with Crippen LogP contribution in [0.2, 0.25) is 0 Å². The second-order valence-corrected chi connectivity index (χ2v) is 6.26. The third-order valence-electron chi connectivity index (χ3n) is 3.41. The first kappa shape index (κ1) is 17.3. The summed E-state index contributed by atoms with van der Waals surface area (Å²) in [7, 11) is 7.59. The summed E-state index contributed by atoms with van der Waals surface area (Å²) in [6, 6.07) is 5.65. The van der Waals surface area contributed by atoms with Gasteiger partial charge in [0.1, 0.15) is 0 Å². The number of likely N-dealkylation sites (N-methyl/N-ethyl adjacent to an activating group) is 1. The SMILES string of the molecule is CC(C)C(CN(C)C)Nc1cc(C(=O)N(C)C)ccc1N. The average Bonchev–Trinajstić information content (AvgIpc) is 2.38. The molecule has 1 rings (SSSR count). The average molecular weight is 292 g/mol. The van der Waals surface area contributed by atoms with E-state index < -0.39 is 0 Å². The number of nitrogens with two attached hydrogens (primary N) is 1. The van der Waals surface area contributed by atoms with E-state index in [4.69, 9.17) is 5.73 Å². The molecule has 0 bridgehead atoms. The summed E-state index contributed by atoms with van der Waals surface area (Å²) in [5.41, 5.74) is 8.17. The van der Waals surface area contributed by atoms with Crippen molar-refractivity contribution in [1.82, 2.24) is 9.80 Å². The number of carbonyl (C=O) groups excluding carboxylic acids is 1. The molecule has 0 spiro atoms. The molecule has 1 amide bonds. The molecule has 0 aliphatic carbocycles. The van der Waals surface area contributed by atoms with E-state index >= 15 is 0 Å². The molecule has 1 unspecified atom stereocenters. The van der Waals surface area contributed by atoms with Crippen LogP contribution in [0.25, 0.3) is 0 Å². The number of hydrogen-bond donors (Lipinski definition) is 2. The molecule has 1 aromatic carbocycles. The fourth-order valence-corrected chi connectivity index (χ4v) is 2.09. The van der Waals surface area contributed by atoms with Gasteiger partial charge in [0.05, 0.1) is 11.4 Å². The molecule has 0 heterocycles. The maximum Gasteiger partial charge on any atom is 0.253 e. The van der Waals surface area contributed by atoms with Crippen molar-refractivity contribution < 1.29 is 4.79 Å². The number of nitrogens with zero attached hydrogens (tertiary/aromatic N) is 2. The Hall–Kier alpha value is -1.75. The van der Waals surface area contributed by atoms with Crippen LogP contribution >= 0.6 is 0 Å². The second-order valence-electron chi connectivity index (χ2n) is 6.26. The van der Waals surface area contributed by atoms with Gasteiger partial charge in [0.2, 0.25) is 0 Å². The molecule has 5 nitrogen and oxygen atoms in total. The Morgan fingerprint density at radius 1 is 1.24 bits per heavy atom. The lowest BCUT2D eigenvalue weighted by atomic mass is 10.0. The molecule has 118 valence electrons. The van der Waals surface area contributed by atoms with E-state index in [1.54, 1.807) is 31.1 Å². The highest BCUT2D eigenvalue weighted by atomic mass is 16.2. The Morgan fingerprint density at radius 3 is 2.33 bits per heavy atom. The largest absolute Gasteiger partial charge is 0.397 e. The predicted molar refractivity (Wildman–Crippen MR) is 89.7 cm³/mol. The topological polar surface area (TPSA) is 61.6 Å². The van der Waals surface area contributed by atoms with Crippen LogP contribution in [0, 0.1) is 5.92 Å². The lowest BCUT2D eigenvalue weighted by Crippen LogP contribution is -2.36. The van der Waals surface area contributed by atoms with Crippen molar-refractivity contribution in [3.8, 4) is 0 Å². The van der Waals surface area contributed by atoms with Crippen molar-refractivity contribution in [2.75, 3.05) is 45.8 Å². The van der Waals surface area contributed by atoms with E-state index in [1.807, 2.05) is 20.2 Å². The third kappa shape index (κ3) is 4.93. The van der Waals surface area contributed by atoms with E-state index in [2.05, 4.69) is 24.1 Å². The first-order valence-electron chi connectivity index (χ1n) is 7.24. The molecule has 1 aromatic rings. The Labute approximate surface area is 128 Å². The van der Waals surface area contributed by atoms with Crippen molar-refractivity contribution in [3.63, 3.8) is 0 Å². The summed E-state index contributed by atoms with van der Waals surface area (Å²) in [5, 5.41) is 3.47. The first-order valence-corrected chi connectivity index (χ1v) is 7.24. The van der Waals surface area contributed by atoms with Gasteiger partial charge in [-0.15, -0.1) is 0 Å². The molecule has 21 heavy (non-hydrogen) atoms. The van der Waals surface area contributed by atoms with Gasteiger partial charge >= 0.3 is 0 Å². The van der Waals surface area contributed by atoms with Crippen LogP contribution in [0.4, 0.5) is 11.4 Å². The molecular formula is C16H28N4O. The quantitative estimate of drug-likeness (QED) is 0.787. The predicted octanol–water partition coefficient (Wildman–Crippen LogP) is 1.97. The molecule has 0 fully saturated rings. The summed E-state index contributed by atoms with van der Waals surface area (Å²) in [6.45, 7) is 5.25. The number of benzene rings is 1. The molecular weight excluding hydrogens is 264 g/mol. The number of carbonyl (C=O) groups is 1. The van der Waals surface area contributed by atoms with Gasteiger partial charge in [-0.1, -0.05) is 13.8 Å². The van der Waals surface area contributed by atoms with Gasteiger partial charge in [0.25, 0.3) is 5.91 Å². The highest BCUT2D eigenvalue weighted by molar-refractivity contribution is 5.95. The van der Waals surface area contributed by atoms with Crippen LogP contribution in [0.5, 0.6) is 0 Å². The van der Waals surface area contributed by atoms with Crippen LogP contribution in [-0.4, -0.2) is 56.5 Å². The normalized spacial score (nSPS) is 12.6. The van der Waals surface area contributed by atoms with Crippen LogP contribution in [0.3, 0.4) is 0 Å². The van der Waals surface area contributed by atoms with Crippen LogP contribution in [0.1, 0.15) is 24.2 Å². The van der Waals surface area contributed by atoms with Crippen molar-refractivity contribution in [2.24, 2.45) is 5.92 Å². The van der Waals surface area contributed by atoms with Crippen LogP contribution in [0.15, 0.2) is 18.2 Å². The number of anilines is 2. The minimum atomic E-state index is -0.0215. The maximum atomic E-state index is 12.1. The maximum absolute atomic E-state index is 12.1. The van der Waals surface area contributed by atoms with E-state index in [1.165, 1.54) is 0 Å². The number of hydrogen-bond acceptors (Lipinski definition) is 4. The van der Waals surface area contributed by atoms with Crippen LogP contribution in [-0.2, 0) is 0 Å². The van der Waals surface area contributed by atoms with E-state index in [9.17, 15) is 4.79 Å². The van der Waals surface area contributed by atoms with Crippen molar-refractivity contribution in [1.29, 1.82) is 0 Å². The monoisotopic (exact) mass is 292 g/mol. The smallest absolute Gasteiger partial charge is 0.253 e. The molecule has 5 heteroatoms. The first-order chi connectivity index (χ1) is 9.72. The van der Waals surface area contributed by atoms with Gasteiger partial charge < -0.3 is 20.9 Å². The zero-order valence-corrected chi connectivity index (χ0v) is 14.0. The Bertz CT molecular complexity index is 483. The van der Waals surface area contributed by atoms with Crippen LogP contribution < -0.4 is 11.1 Å². The highest BCUT2D eigenvalue weighted by Gasteiger charge is 2.17. The van der Waals surface area contributed by atoms with E-state index in [0.29, 0.717) is 17.2 Å². The van der Waals surface area contributed by atoms with Gasteiger partial charge in [-0.2, -0.15) is 0 Å². The van der Waals surface area contributed by atoms with Gasteiger partial charge in [-0.25, -0.2) is 0 Å². The molecule has 1 atom stereocenters. The molecule has 0 aromatic heterocycles. The zero-order chi connectivity index (χ0) is 16.2. The highest BCUT2D eigenvalue weighted by Crippen LogP contribution is 2.23. The fraction of sp³-hybridized carbons (Fsp3) is 0.562. The van der Waals surface area contributed by atoms with Crippen molar-refractivity contribution in [3.05, 3.63) is 23.8 Å². The lowest BCUT2D eigenvalue weighted by molar-refractivity contribution is 0.0827. The summed E-state index contributed by atoms with van der Waals surface area (Å²) < 4.78 is 0. The standard InChI is InChI=1S/C16H28N4O/c1-11(2)15(10-19(3)4)18-14-9-12(7-8-13(14)17)16(21)20(5)6/h7-9,11,15,18H,10,17H2,1-6H3. The van der Waals surface area contributed by atoms with E-state index in [-0.39, 0.29) is 11.9 Å². The molecule has 0 aliphatic heterocycles. The second kappa shape index (κ2) is 7.31. The van der Waals surface area contributed by atoms with Gasteiger partial charge in [-0.3, -0.25) is 4.79 Å².